The minimum Gasteiger partial charge on any atom is -0.495 e. The summed E-state index contributed by atoms with van der Waals surface area (Å²) in [5.41, 5.74) is 1.81. The van der Waals surface area contributed by atoms with Crippen molar-refractivity contribution in [1.29, 1.82) is 0 Å². The summed E-state index contributed by atoms with van der Waals surface area (Å²) in [5.74, 6) is -1.36. The minimum atomic E-state index is -0.470. The summed E-state index contributed by atoms with van der Waals surface area (Å²) >= 11 is 5.99. The van der Waals surface area contributed by atoms with Crippen LogP contribution in [0.1, 0.15) is 36.6 Å². The molecule has 0 atom stereocenters. The molecule has 0 fully saturated rings. The first-order valence-corrected chi connectivity index (χ1v) is 11.1. The first-order valence-electron chi connectivity index (χ1n) is 10.7. The number of carbonyl (C=O) groups excluding carboxylic acids is 4. The topological polar surface area (TPSA) is 96.0 Å². The van der Waals surface area contributed by atoms with E-state index in [2.05, 4.69) is 5.32 Å². The van der Waals surface area contributed by atoms with E-state index in [0.29, 0.717) is 16.5 Å². The molecule has 0 saturated heterocycles. The number of imide groups is 1. The monoisotopic (exact) mass is 491 g/mol. The molecular weight excluding hydrogens is 470 g/mol. The average Bonchev–Trinajstić information content (AvgIpc) is 3.08. The lowest BCUT2D eigenvalue weighted by Crippen LogP contribution is -2.35. The lowest BCUT2D eigenvalue weighted by atomic mass is 10.0. The maximum absolute atomic E-state index is 13.0. The Bertz CT molecular complexity index is 1330. The molecule has 1 N–H and O–H groups in total. The van der Waals surface area contributed by atoms with Crippen molar-refractivity contribution in [2.24, 2.45) is 0 Å². The van der Waals surface area contributed by atoms with Crippen LogP contribution in [0.2, 0.25) is 5.02 Å². The predicted molar refractivity (Wildman–Crippen MR) is 131 cm³/mol. The molecular formula is C26H22ClN3O5. The first-order chi connectivity index (χ1) is 16.8. The molecule has 0 saturated carbocycles. The number of hydrogen-bond donors (Lipinski definition) is 1. The second-order valence-corrected chi connectivity index (χ2v) is 8.43. The normalized spacial score (nSPS) is 12.4. The van der Waals surface area contributed by atoms with Crippen molar-refractivity contribution in [3.63, 3.8) is 0 Å². The average molecular weight is 492 g/mol. The van der Waals surface area contributed by atoms with Crippen molar-refractivity contribution in [1.82, 2.24) is 9.80 Å². The number of methoxy groups -OCH3 is 1. The maximum atomic E-state index is 13.0. The van der Waals surface area contributed by atoms with Crippen molar-refractivity contribution in [2.45, 2.75) is 6.54 Å². The lowest BCUT2D eigenvalue weighted by Gasteiger charge is -2.18. The number of fused-ring (bicyclic) bond motifs is 1. The zero-order valence-electron chi connectivity index (χ0n) is 19.1. The fourth-order valence-corrected chi connectivity index (χ4v) is 3.98. The highest BCUT2D eigenvalue weighted by atomic mass is 35.5. The standard InChI is InChI=1S/C26H22ClN3O5/c1-29(15-23(31)28-21-13-18(27)9-11-22(21)35-2)24(32)17-8-10-19-20(12-17)26(34)30(25(19)33)14-16-6-4-3-5-7-16/h3-13H,14-15H2,1-2H3,(H,28,31). The quantitative estimate of drug-likeness (QED) is 0.506. The Morgan fingerprint density at radius 2 is 1.69 bits per heavy atom. The van der Waals surface area contributed by atoms with E-state index < -0.39 is 23.6 Å². The molecule has 0 spiro atoms. The fraction of sp³-hybridized carbons (Fsp3) is 0.154. The third kappa shape index (κ3) is 5.02. The Labute approximate surface area is 207 Å². The summed E-state index contributed by atoms with van der Waals surface area (Å²) in [6.07, 6.45) is 0. The third-order valence-corrected chi connectivity index (χ3v) is 5.80. The van der Waals surface area contributed by atoms with Gasteiger partial charge >= 0.3 is 0 Å². The molecule has 3 aromatic rings. The summed E-state index contributed by atoms with van der Waals surface area (Å²) in [7, 11) is 2.94. The number of halogens is 1. The Morgan fingerprint density at radius 3 is 2.40 bits per heavy atom. The van der Waals surface area contributed by atoms with Crippen LogP contribution in [0.4, 0.5) is 5.69 Å². The highest BCUT2D eigenvalue weighted by molar-refractivity contribution is 6.31. The number of benzene rings is 3. The maximum Gasteiger partial charge on any atom is 0.261 e. The van der Waals surface area contributed by atoms with Crippen molar-refractivity contribution >= 4 is 40.9 Å². The number of nitrogens with zero attached hydrogens (tertiary/aromatic N) is 2. The number of nitrogens with one attached hydrogen (secondary N) is 1. The number of likely N-dealkylation sites (N-methyl/N-ethyl adjacent to an activating group) is 1. The number of hydrogen-bond acceptors (Lipinski definition) is 5. The fourth-order valence-electron chi connectivity index (χ4n) is 3.81. The van der Waals surface area contributed by atoms with Crippen LogP contribution < -0.4 is 10.1 Å². The van der Waals surface area contributed by atoms with E-state index in [1.54, 1.807) is 18.2 Å². The summed E-state index contributed by atoms with van der Waals surface area (Å²) in [4.78, 5) is 53.5. The second kappa shape index (κ2) is 9.99. The van der Waals surface area contributed by atoms with Gasteiger partial charge in [0.2, 0.25) is 5.91 Å². The van der Waals surface area contributed by atoms with Crippen molar-refractivity contribution in [3.05, 3.63) is 94.0 Å². The van der Waals surface area contributed by atoms with Crippen molar-refractivity contribution in [2.75, 3.05) is 26.0 Å². The molecule has 9 heteroatoms. The molecule has 0 unspecified atom stereocenters. The van der Waals surface area contributed by atoms with E-state index in [-0.39, 0.29) is 29.8 Å². The van der Waals surface area contributed by atoms with Gasteiger partial charge in [-0.3, -0.25) is 24.1 Å². The lowest BCUT2D eigenvalue weighted by molar-refractivity contribution is -0.116. The van der Waals surface area contributed by atoms with Gasteiger partial charge in [0.15, 0.2) is 0 Å². The SMILES string of the molecule is COc1ccc(Cl)cc1NC(=O)CN(C)C(=O)c1ccc2c(c1)C(=O)N(Cc1ccccc1)C2=O. The van der Waals surface area contributed by atoms with Gasteiger partial charge in [0.25, 0.3) is 17.7 Å². The second-order valence-electron chi connectivity index (χ2n) is 8.00. The van der Waals surface area contributed by atoms with Crippen LogP contribution in [0.25, 0.3) is 0 Å². The van der Waals surface area contributed by atoms with Gasteiger partial charge in [-0.05, 0) is 42.0 Å². The predicted octanol–water partition coefficient (Wildman–Crippen LogP) is 3.86. The Morgan fingerprint density at radius 1 is 0.971 bits per heavy atom. The van der Waals surface area contributed by atoms with E-state index in [9.17, 15) is 19.2 Å². The van der Waals surface area contributed by atoms with Gasteiger partial charge in [0.1, 0.15) is 5.75 Å². The van der Waals surface area contributed by atoms with E-state index in [0.717, 1.165) is 10.5 Å². The van der Waals surface area contributed by atoms with Crippen molar-refractivity contribution < 1.29 is 23.9 Å². The molecule has 4 rings (SSSR count). The van der Waals surface area contributed by atoms with Gasteiger partial charge in [-0.2, -0.15) is 0 Å². The Balaban J connectivity index is 1.46. The van der Waals surface area contributed by atoms with E-state index >= 15 is 0 Å². The van der Waals surface area contributed by atoms with Gasteiger partial charge in [-0.25, -0.2) is 0 Å². The summed E-state index contributed by atoms with van der Waals surface area (Å²) in [5, 5.41) is 3.10. The molecule has 35 heavy (non-hydrogen) atoms. The number of amides is 4. The summed E-state index contributed by atoms with van der Waals surface area (Å²) in [6, 6.07) is 18.3. The molecule has 178 valence electrons. The number of rotatable bonds is 7. The molecule has 3 aromatic carbocycles. The van der Waals surface area contributed by atoms with Crippen LogP contribution in [0.5, 0.6) is 5.75 Å². The minimum absolute atomic E-state index is 0.142. The molecule has 0 radical (unpaired) electrons. The summed E-state index contributed by atoms with van der Waals surface area (Å²) in [6.45, 7) is -0.109. The number of carbonyl (C=O) groups is 4. The van der Waals surface area contributed by atoms with Gasteiger partial charge in [-0.15, -0.1) is 0 Å². The van der Waals surface area contributed by atoms with Crippen LogP contribution in [0.3, 0.4) is 0 Å². The molecule has 0 bridgehead atoms. The molecule has 1 aliphatic rings. The molecule has 0 aromatic heterocycles. The summed E-state index contributed by atoms with van der Waals surface area (Å²) < 4.78 is 5.21. The highest BCUT2D eigenvalue weighted by Crippen LogP contribution is 2.28. The molecule has 8 nitrogen and oxygen atoms in total. The molecule has 4 amide bonds. The van der Waals surface area contributed by atoms with E-state index in [4.69, 9.17) is 16.3 Å². The van der Waals surface area contributed by atoms with Gasteiger partial charge in [0.05, 0.1) is 37.0 Å². The van der Waals surface area contributed by atoms with Crippen LogP contribution in [0.15, 0.2) is 66.7 Å². The Hall–Kier alpha value is -4.17. The third-order valence-electron chi connectivity index (χ3n) is 5.56. The highest BCUT2D eigenvalue weighted by Gasteiger charge is 2.36. The zero-order chi connectivity index (χ0) is 25.1. The molecule has 1 aliphatic heterocycles. The van der Waals surface area contributed by atoms with Crippen molar-refractivity contribution in [3.8, 4) is 5.75 Å². The van der Waals surface area contributed by atoms with Crippen LogP contribution in [0, 0.1) is 0 Å². The van der Waals surface area contributed by atoms with Gasteiger partial charge in [0, 0.05) is 17.6 Å². The van der Waals surface area contributed by atoms with Gasteiger partial charge < -0.3 is 15.0 Å². The number of ether oxygens (including phenoxy) is 1. The van der Waals surface area contributed by atoms with Crippen LogP contribution in [-0.4, -0.2) is 54.1 Å². The molecule has 0 aliphatic carbocycles. The van der Waals surface area contributed by atoms with E-state index in [1.807, 2.05) is 30.3 Å². The van der Waals surface area contributed by atoms with E-state index in [1.165, 1.54) is 37.3 Å². The smallest absolute Gasteiger partial charge is 0.261 e. The number of anilines is 1. The molecule has 1 heterocycles. The zero-order valence-corrected chi connectivity index (χ0v) is 19.8. The Kier molecular flexibility index (Phi) is 6.84. The van der Waals surface area contributed by atoms with Gasteiger partial charge in [-0.1, -0.05) is 41.9 Å². The van der Waals surface area contributed by atoms with Crippen LogP contribution >= 0.6 is 11.6 Å². The largest absolute Gasteiger partial charge is 0.495 e. The first kappa shape index (κ1) is 24.0. The van der Waals surface area contributed by atoms with Crippen LogP contribution in [-0.2, 0) is 11.3 Å².